The number of H-pyrrole nitrogens is 2. The lowest BCUT2D eigenvalue weighted by Crippen LogP contribution is -2.07. The zero-order valence-electron chi connectivity index (χ0n) is 24.1. The lowest BCUT2D eigenvalue weighted by Gasteiger charge is -2.19. The zero-order chi connectivity index (χ0) is 30.8. The second-order valence-electron chi connectivity index (χ2n) is 11.0. The molecule has 4 nitrogen and oxygen atoms in total. The van der Waals surface area contributed by atoms with Crippen molar-refractivity contribution in [3.63, 3.8) is 0 Å². The Bertz CT molecular complexity index is 1930. The summed E-state index contributed by atoms with van der Waals surface area (Å²) in [6.45, 7) is 0.839. The summed E-state index contributed by atoms with van der Waals surface area (Å²) in [5.41, 5.74) is 5.81. The van der Waals surface area contributed by atoms with E-state index in [-0.39, 0.29) is 5.92 Å². The summed E-state index contributed by atoms with van der Waals surface area (Å²) >= 11 is 0. The Kier molecular flexibility index (Phi) is 7.51. The molecule has 45 heavy (non-hydrogen) atoms. The van der Waals surface area contributed by atoms with Gasteiger partial charge in [0.25, 0.3) is 0 Å². The van der Waals surface area contributed by atoms with E-state index in [1.54, 1.807) is 12.1 Å². The van der Waals surface area contributed by atoms with Crippen LogP contribution in [0.1, 0.15) is 39.3 Å². The van der Waals surface area contributed by atoms with Gasteiger partial charge in [0, 0.05) is 40.1 Å². The highest BCUT2D eigenvalue weighted by atomic mass is 19.4. The van der Waals surface area contributed by atoms with E-state index in [1.807, 2.05) is 109 Å². The topological polar surface area (TPSA) is 50.0 Å². The van der Waals surface area contributed by atoms with E-state index in [2.05, 4.69) is 9.97 Å². The molecule has 0 aliphatic heterocycles. The number of nitrogens with one attached hydrogen (secondary N) is 2. The normalized spacial score (nSPS) is 11.8. The van der Waals surface area contributed by atoms with Crippen molar-refractivity contribution in [1.29, 1.82) is 0 Å². The molecule has 0 spiro atoms. The van der Waals surface area contributed by atoms with Crippen LogP contribution in [-0.4, -0.2) is 9.97 Å². The highest BCUT2D eigenvalue weighted by molar-refractivity contribution is 5.90. The second-order valence-corrected chi connectivity index (χ2v) is 11.0. The van der Waals surface area contributed by atoms with Crippen LogP contribution in [0.4, 0.5) is 13.2 Å². The fraction of sp³-hybridized carbons (Fsp3) is 0.105. The number of aromatic nitrogens is 2. The molecule has 2 heterocycles. The van der Waals surface area contributed by atoms with Crippen molar-refractivity contribution in [1.82, 2.24) is 9.97 Å². The number of aromatic amines is 2. The van der Waals surface area contributed by atoms with Crippen molar-refractivity contribution in [2.24, 2.45) is 0 Å². The van der Waals surface area contributed by atoms with E-state index in [0.29, 0.717) is 24.7 Å². The maximum absolute atomic E-state index is 13.5. The van der Waals surface area contributed by atoms with Crippen molar-refractivity contribution < 1.29 is 22.6 Å². The van der Waals surface area contributed by atoms with Crippen molar-refractivity contribution >= 4 is 21.8 Å². The first kappa shape index (κ1) is 28.3. The highest BCUT2D eigenvalue weighted by Crippen LogP contribution is 2.42. The first-order valence-corrected chi connectivity index (χ1v) is 14.6. The fourth-order valence-corrected chi connectivity index (χ4v) is 5.77. The Morgan fingerprint density at radius 2 is 1.02 bits per heavy atom. The Hall–Kier alpha value is -5.43. The predicted molar refractivity (Wildman–Crippen MR) is 171 cm³/mol. The average Bonchev–Trinajstić information content (AvgIpc) is 3.68. The molecule has 7 rings (SSSR count). The molecular formula is C38H29F3N2O2. The summed E-state index contributed by atoms with van der Waals surface area (Å²) in [6, 6.07) is 37.0. The predicted octanol–water partition coefficient (Wildman–Crippen LogP) is 10.0. The highest BCUT2D eigenvalue weighted by Gasteiger charge is 2.31. The first-order valence-electron chi connectivity index (χ1n) is 14.6. The molecule has 2 N–H and O–H groups in total. The minimum atomic E-state index is -4.43. The van der Waals surface area contributed by atoms with Gasteiger partial charge in [-0.2, -0.15) is 13.2 Å². The second kappa shape index (κ2) is 11.9. The van der Waals surface area contributed by atoms with Crippen LogP contribution in [0.15, 0.2) is 134 Å². The van der Waals surface area contributed by atoms with Crippen LogP contribution in [0.5, 0.6) is 11.5 Å². The van der Waals surface area contributed by atoms with Crippen LogP contribution in [-0.2, 0) is 19.4 Å². The Morgan fingerprint density at radius 1 is 0.556 bits per heavy atom. The fourth-order valence-electron chi connectivity index (χ4n) is 5.77. The van der Waals surface area contributed by atoms with Gasteiger partial charge < -0.3 is 19.4 Å². The molecule has 5 aromatic carbocycles. The Morgan fingerprint density at radius 3 is 1.47 bits per heavy atom. The van der Waals surface area contributed by atoms with Gasteiger partial charge in [0.2, 0.25) is 0 Å². The number of ether oxygens (including phenoxy) is 2. The molecular weight excluding hydrogens is 573 g/mol. The van der Waals surface area contributed by atoms with Crippen LogP contribution in [0, 0.1) is 0 Å². The third-order valence-corrected chi connectivity index (χ3v) is 8.06. The molecule has 0 bridgehead atoms. The van der Waals surface area contributed by atoms with Crippen LogP contribution in [0.2, 0.25) is 0 Å². The van der Waals surface area contributed by atoms with Gasteiger partial charge in [-0.25, -0.2) is 0 Å². The standard InChI is InChI=1S/C38H29F3N2O2/c39-38(40,41)28-13-11-27(12-14-28)37(33-21-42-35-17-15-29(19-31(33)35)44-23-25-7-3-1-4-8-25)34-22-43-36-18-16-30(20-32(34)36)45-24-26-9-5-2-6-10-26/h1-22,37,42-43H,23-24H2. The minimum absolute atomic E-state index is 0.386. The molecule has 0 amide bonds. The monoisotopic (exact) mass is 602 g/mol. The molecule has 7 aromatic rings. The number of rotatable bonds is 9. The van der Waals surface area contributed by atoms with Crippen LogP contribution >= 0.6 is 0 Å². The summed E-state index contributed by atoms with van der Waals surface area (Å²) in [7, 11) is 0. The third-order valence-electron chi connectivity index (χ3n) is 8.06. The summed E-state index contributed by atoms with van der Waals surface area (Å²) in [5.74, 6) is 1.02. The van der Waals surface area contributed by atoms with Gasteiger partial charge in [0.1, 0.15) is 24.7 Å². The average molecular weight is 603 g/mol. The molecule has 0 aliphatic rings. The van der Waals surface area contributed by atoms with Gasteiger partial charge >= 0.3 is 6.18 Å². The number of hydrogen-bond donors (Lipinski definition) is 2. The van der Waals surface area contributed by atoms with E-state index in [4.69, 9.17) is 9.47 Å². The van der Waals surface area contributed by atoms with Gasteiger partial charge in [0.15, 0.2) is 0 Å². The third kappa shape index (κ3) is 6.02. The maximum atomic E-state index is 13.5. The van der Waals surface area contributed by atoms with Crippen molar-refractivity contribution in [3.05, 3.63) is 167 Å². The number of fused-ring (bicyclic) bond motifs is 2. The Balaban J connectivity index is 1.30. The molecule has 7 heteroatoms. The molecule has 0 atom stereocenters. The lowest BCUT2D eigenvalue weighted by molar-refractivity contribution is -0.137. The van der Waals surface area contributed by atoms with Gasteiger partial charge in [-0.3, -0.25) is 0 Å². The first-order chi connectivity index (χ1) is 21.9. The molecule has 224 valence electrons. The smallest absolute Gasteiger partial charge is 0.416 e. The largest absolute Gasteiger partial charge is 0.489 e. The van der Waals surface area contributed by atoms with E-state index in [1.165, 1.54) is 0 Å². The van der Waals surface area contributed by atoms with Gasteiger partial charge in [-0.05, 0) is 76.3 Å². The molecule has 0 saturated heterocycles. The van der Waals surface area contributed by atoms with E-state index in [9.17, 15) is 13.2 Å². The van der Waals surface area contributed by atoms with E-state index < -0.39 is 11.7 Å². The number of benzene rings is 5. The summed E-state index contributed by atoms with van der Waals surface area (Å²) in [5, 5.41) is 1.85. The summed E-state index contributed by atoms with van der Waals surface area (Å²) in [6.07, 6.45) is -0.559. The molecule has 0 aliphatic carbocycles. The van der Waals surface area contributed by atoms with Gasteiger partial charge in [-0.15, -0.1) is 0 Å². The molecule has 0 radical (unpaired) electrons. The Labute approximate surface area is 258 Å². The van der Waals surface area contributed by atoms with Crippen molar-refractivity contribution in [2.45, 2.75) is 25.3 Å². The number of halogens is 3. The van der Waals surface area contributed by atoms with Crippen LogP contribution in [0.25, 0.3) is 21.8 Å². The lowest BCUT2D eigenvalue weighted by atomic mass is 9.84. The maximum Gasteiger partial charge on any atom is 0.416 e. The van der Waals surface area contributed by atoms with E-state index in [0.717, 1.165) is 61.8 Å². The SMILES string of the molecule is FC(F)(F)c1ccc(C(c2c[nH]c3ccc(OCc4ccccc4)cc23)c2c[nH]c3ccc(OCc4ccccc4)cc23)cc1. The number of alkyl halides is 3. The quantitative estimate of drug-likeness (QED) is 0.173. The van der Waals surface area contributed by atoms with E-state index >= 15 is 0 Å². The van der Waals surface area contributed by atoms with Gasteiger partial charge in [0.05, 0.1) is 5.56 Å². The molecule has 0 fully saturated rings. The summed E-state index contributed by atoms with van der Waals surface area (Å²) in [4.78, 5) is 6.73. The number of hydrogen-bond acceptors (Lipinski definition) is 2. The van der Waals surface area contributed by atoms with Crippen LogP contribution < -0.4 is 9.47 Å². The summed E-state index contributed by atoms with van der Waals surface area (Å²) < 4.78 is 52.9. The zero-order valence-corrected chi connectivity index (χ0v) is 24.1. The molecule has 2 aromatic heterocycles. The van der Waals surface area contributed by atoms with Crippen molar-refractivity contribution in [3.8, 4) is 11.5 Å². The molecule has 0 unspecified atom stereocenters. The van der Waals surface area contributed by atoms with Crippen LogP contribution in [0.3, 0.4) is 0 Å². The minimum Gasteiger partial charge on any atom is -0.489 e. The molecule has 0 saturated carbocycles. The van der Waals surface area contributed by atoms with Crippen molar-refractivity contribution in [2.75, 3.05) is 0 Å². The van der Waals surface area contributed by atoms with Gasteiger partial charge in [-0.1, -0.05) is 72.8 Å².